The summed E-state index contributed by atoms with van der Waals surface area (Å²) in [6.45, 7) is 2.03. The van der Waals surface area contributed by atoms with Crippen LogP contribution < -0.4 is 9.47 Å². The molecule has 0 saturated carbocycles. The van der Waals surface area contributed by atoms with Gasteiger partial charge >= 0.3 is 0 Å². The lowest BCUT2D eigenvalue weighted by atomic mass is 10.1. The Morgan fingerprint density at radius 1 is 1.05 bits per heavy atom. The molecule has 2 aromatic carbocycles. The Morgan fingerprint density at radius 3 is 2.27 bits per heavy atom. The SMILES string of the molecule is COc1cc(OC)c(C(=O)/C=C/c2ccc(C)cc2)cc1Br. The maximum Gasteiger partial charge on any atom is 0.189 e. The van der Waals surface area contributed by atoms with E-state index in [1.165, 1.54) is 12.7 Å². The van der Waals surface area contributed by atoms with E-state index in [1.807, 2.05) is 31.2 Å². The molecule has 0 bridgehead atoms. The fraction of sp³-hybridized carbons (Fsp3) is 0.167. The average Bonchev–Trinajstić information content (AvgIpc) is 2.53. The number of halogens is 1. The summed E-state index contributed by atoms with van der Waals surface area (Å²) >= 11 is 3.39. The van der Waals surface area contributed by atoms with Gasteiger partial charge in [0.1, 0.15) is 11.5 Å². The first-order chi connectivity index (χ1) is 10.5. The second kappa shape index (κ2) is 7.27. The van der Waals surface area contributed by atoms with Gasteiger partial charge in [-0.05, 0) is 40.6 Å². The molecule has 0 atom stereocenters. The first-order valence-electron chi connectivity index (χ1n) is 6.75. The van der Waals surface area contributed by atoms with Crippen LogP contribution in [0.25, 0.3) is 6.08 Å². The van der Waals surface area contributed by atoms with E-state index in [0.29, 0.717) is 21.5 Å². The van der Waals surface area contributed by atoms with Gasteiger partial charge in [-0.25, -0.2) is 0 Å². The molecular formula is C18H17BrO3. The molecule has 0 unspecified atom stereocenters. The number of allylic oxidation sites excluding steroid dienone is 1. The molecule has 0 aliphatic carbocycles. The minimum atomic E-state index is -0.124. The highest BCUT2D eigenvalue weighted by atomic mass is 79.9. The Hall–Kier alpha value is -2.07. The maximum absolute atomic E-state index is 12.4. The number of methoxy groups -OCH3 is 2. The van der Waals surface area contributed by atoms with Crippen LogP contribution in [0.15, 0.2) is 46.9 Å². The molecule has 22 heavy (non-hydrogen) atoms. The second-order valence-corrected chi connectivity index (χ2v) is 5.65. The molecule has 0 amide bonds. The van der Waals surface area contributed by atoms with E-state index in [-0.39, 0.29) is 5.78 Å². The van der Waals surface area contributed by atoms with E-state index in [2.05, 4.69) is 15.9 Å². The summed E-state index contributed by atoms with van der Waals surface area (Å²) in [5.74, 6) is 0.982. The van der Waals surface area contributed by atoms with Crippen molar-refractivity contribution in [3.63, 3.8) is 0 Å². The largest absolute Gasteiger partial charge is 0.496 e. The third-order valence-corrected chi connectivity index (χ3v) is 3.86. The molecular weight excluding hydrogens is 344 g/mol. The van der Waals surface area contributed by atoms with Crippen LogP contribution in [0.2, 0.25) is 0 Å². The van der Waals surface area contributed by atoms with Crippen molar-refractivity contribution in [2.24, 2.45) is 0 Å². The van der Waals surface area contributed by atoms with Gasteiger partial charge in [-0.2, -0.15) is 0 Å². The Morgan fingerprint density at radius 2 is 1.68 bits per heavy atom. The first kappa shape index (κ1) is 16.3. The predicted octanol–water partition coefficient (Wildman–Crippen LogP) is 4.67. The minimum absolute atomic E-state index is 0.124. The van der Waals surface area contributed by atoms with Crippen LogP contribution in [-0.4, -0.2) is 20.0 Å². The highest BCUT2D eigenvalue weighted by Crippen LogP contribution is 2.33. The van der Waals surface area contributed by atoms with Gasteiger partial charge in [0, 0.05) is 6.07 Å². The van der Waals surface area contributed by atoms with Crippen molar-refractivity contribution in [3.05, 3.63) is 63.6 Å². The molecule has 2 rings (SSSR count). The molecule has 0 aliphatic rings. The van der Waals surface area contributed by atoms with Crippen LogP contribution in [0.1, 0.15) is 21.5 Å². The Balaban J connectivity index is 2.29. The zero-order valence-electron chi connectivity index (χ0n) is 12.7. The van der Waals surface area contributed by atoms with Gasteiger partial charge in [0.2, 0.25) is 0 Å². The Labute approximate surface area is 138 Å². The summed E-state index contributed by atoms with van der Waals surface area (Å²) in [6.07, 6.45) is 3.33. The standard InChI is InChI=1S/C18H17BrO3/c1-12-4-6-13(7-5-12)8-9-16(20)14-10-15(19)18(22-3)11-17(14)21-2/h4-11H,1-3H3/b9-8+. The molecule has 0 aliphatic heterocycles. The van der Waals surface area contributed by atoms with Crippen molar-refractivity contribution >= 4 is 27.8 Å². The lowest BCUT2D eigenvalue weighted by molar-refractivity contribution is 0.104. The predicted molar refractivity (Wildman–Crippen MR) is 91.8 cm³/mol. The number of ether oxygens (including phenoxy) is 2. The number of benzene rings is 2. The van der Waals surface area contributed by atoms with E-state index in [4.69, 9.17) is 9.47 Å². The monoisotopic (exact) mass is 360 g/mol. The molecule has 4 heteroatoms. The summed E-state index contributed by atoms with van der Waals surface area (Å²) in [5, 5.41) is 0. The Bertz CT molecular complexity index is 703. The molecule has 0 spiro atoms. The van der Waals surface area contributed by atoms with Crippen molar-refractivity contribution in [1.29, 1.82) is 0 Å². The van der Waals surface area contributed by atoms with E-state index < -0.39 is 0 Å². The number of hydrogen-bond donors (Lipinski definition) is 0. The van der Waals surface area contributed by atoms with Gasteiger partial charge in [-0.3, -0.25) is 4.79 Å². The van der Waals surface area contributed by atoms with E-state index in [9.17, 15) is 4.79 Å². The number of aryl methyl sites for hydroxylation is 1. The molecule has 0 N–H and O–H groups in total. The fourth-order valence-electron chi connectivity index (χ4n) is 1.99. The number of carbonyl (C=O) groups excluding carboxylic acids is 1. The van der Waals surface area contributed by atoms with Gasteiger partial charge in [0.15, 0.2) is 5.78 Å². The highest BCUT2D eigenvalue weighted by Gasteiger charge is 2.14. The van der Waals surface area contributed by atoms with Gasteiger partial charge in [0.05, 0.1) is 24.3 Å². The molecule has 0 fully saturated rings. The van der Waals surface area contributed by atoms with Gasteiger partial charge in [-0.15, -0.1) is 0 Å². The third kappa shape index (κ3) is 3.77. The van der Waals surface area contributed by atoms with Crippen molar-refractivity contribution in [2.45, 2.75) is 6.92 Å². The molecule has 114 valence electrons. The molecule has 2 aromatic rings. The van der Waals surface area contributed by atoms with Gasteiger partial charge < -0.3 is 9.47 Å². The third-order valence-electron chi connectivity index (χ3n) is 3.24. The maximum atomic E-state index is 12.4. The van der Waals surface area contributed by atoms with Crippen LogP contribution in [0, 0.1) is 6.92 Å². The summed E-state index contributed by atoms with van der Waals surface area (Å²) in [7, 11) is 3.10. The Kier molecular flexibility index (Phi) is 5.39. The normalized spacial score (nSPS) is 10.7. The van der Waals surface area contributed by atoms with Crippen LogP contribution in [-0.2, 0) is 0 Å². The summed E-state index contributed by atoms with van der Waals surface area (Å²) in [4.78, 5) is 12.4. The second-order valence-electron chi connectivity index (χ2n) is 4.80. The van der Waals surface area contributed by atoms with E-state index >= 15 is 0 Å². The van der Waals surface area contributed by atoms with E-state index in [1.54, 1.807) is 31.4 Å². The number of rotatable bonds is 5. The van der Waals surface area contributed by atoms with Crippen molar-refractivity contribution in [1.82, 2.24) is 0 Å². The summed E-state index contributed by atoms with van der Waals surface area (Å²) < 4.78 is 11.2. The lowest BCUT2D eigenvalue weighted by Crippen LogP contribution is -2.00. The van der Waals surface area contributed by atoms with Crippen LogP contribution >= 0.6 is 15.9 Å². The van der Waals surface area contributed by atoms with Crippen molar-refractivity contribution < 1.29 is 14.3 Å². The smallest absolute Gasteiger partial charge is 0.189 e. The molecule has 0 radical (unpaired) electrons. The van der Waals surface area contributed by atoms with Crippen LogP contribution in [0.3, 0.4) is 0 Å². The van der Waals surface area contributed by atoms with Gasteiger partial charge in [-0.1, -0.05) is 35.9 Å². The number of hydrogen-bond acceptors (Lipinski definition) is 3. The quantitative estimate of drug-likeness (QED) is 0.574. The average molecular weight is 361 g/mol. The van der Waals surface area contributed by atoms with Crippen molar-refractivity contribution in [2.75, 3.05) is 14.2 Å². The molecule has 0 heterocycles. The molecule has 0 aromatic heterocycles. The summed E-state index contributed by atoms with van der Waals surface area (Å²) in [5.41, 5.74) is 2.65. The number of ketones is 1. The van der Waals surface area contributed by atoms with E-state index in [0.717, 1.165) is 5.56 Å². The van der Waals surface area contributed by atoms with Crippen LogP contribution in [0.5, 0.6) is 11.5 Å². The fourth-order valence-corrected chi connectivity index (χ4v) is 2.50. The lowest BCUT2D eigenvalue weighted by Gasteiger charge is -2.10. The molecule has 0 saturated heterocycles. The zero-order valence-corrected chi connectivity index (χ0v) is 14.3. The van der Waals surface area contributed by atoms with Gasteiger partial charge in [0.25, 0.3) is 0 Å². The zero-order chi connectivity index (χ0) is 16.1. The van der Waals surface area contributed by atoms with Crippen LogP contribution in [0.4, 0.5) is 0 Å². The number of carbonyl (C=O) groups is 1. The topological polar surface area (TPSA) is 35.5 Å². The minimum Gasteiger partial charge on any atom is -0.496 e. The summed E-state index contributed by atoms with van der Waals surface area (Å²) in [6, 6.07) is 11.4. The highest BCUT2D eigenvalue weighted by molar-refractivity contribution is 9.10. The first-order valence-corrected chi connectivity index (χ1v) is 7.55. The molecule has 3 nitrogen and oxygen atoms in total. The van der Waals surface area contributed by atoms with Crippen molar-refractivity contribution in [3.8, 4) is 11.5 Å².